The normalized spacial score (nSPS) is 14.0. The van der Waals surface area contributed by atoms with Crippen LogP contribution in [0, 0.1) is 5.82 Å². The van der Waals surface area contributed by atoms with E-state index in [4.69, 9.17) is 4.42 Å². The third-order valence-corrected chi connectivity index (χ3v) is 5.04. The molecule has 168 valence electrons. The molecule has 0 atom stereocenters. The summed E-state index contributed by atoms with van der Waals surface area (Å²) in [6.45, 7) is 0.653. The third-order valence-electron chi connectivity index (χ3n) is 5.04. The van der Waals surface area contributed by atoms with Gasteiger partial charge >= 0.3 is 6.18 Å². The lowest BCUT2D eigenvalue weighted by Gasteiger charge is -2.21. The molecular formula is C23H21F4N3O2. The Morgan fingerprint density at radius 2 is 1.78 bits per heavy atom. The molecule has 0 bridgehead atoms. The van der Waals surface area contributed by atoms with Crippen LogP contribution in [0.1, 0.15) is 45.9 Å². The molecule has 1 N–H and O–H groups in total. The first-order chi connectivity index (χ1) is 15.3. The molecule has 9 heteroatoms. The molecule has 1 amide bonds. The van der Waals surface area contributed by atoms with E-state index in [1.165, 1.54) is 24.5 Å². The summed E-state index contributed by atoms with van der Waals surface area (Å²) in [7, 11) is 0. The molecule has 0 saturated heterocycles. The molecule has 32 heavy (non-hydrogen) atoms. The minimum atomic E-state index is -4.44. The van der Waals surface area contributed by atoms with E-state index in [0.717, 1.165) is 30.5 Å². The lowest BCUT2D eigenvalue weighted by molar-refractivity contribution is -0.137. The number of carbonyl (C=O) groups is 1. The standard InChI is InChI=1S/C23H21F4N3O2/c24-18-6-4-15(5-7-18)11-30(12-16-2-1-3-17(10-16)23(25,26)27)13-21-29-20(14-32-21)22(31)28-19-8-9-19/h1-7,10,14,19H,8-9,11-13H2,(H,28,31). The van der Waals surface area contributed by atoms with E-state index in [1.807, 2.05) is 4.90 Å². The lowest BCUT2D eigenvalue weighted by atomic mass is 10.1. The highest BCUT2D eigenvalue weighted by atomic mass is 19.4. The van der Waals surface area contributed by atoms with E-state index in [1.54, 1.807) is 18.2 Å². The van der Waals surface area contributed by atoms with Gasteiger partial charge in [-0.25, -0.2) is 9.37 Å². The van der Waals surface area contributed by atoms with Crippen molar-refractivity contribution < 1.29 is 26.8 Å². The molecule has 0 radical (unpaired) electrons. The van der Waals surface area contributed by atoms with Crippen LogP contribution in [0.15, 0.2) is 59.2 Å². The Bertz CT molecular complexity index is 1080. The molecule has 1 aliphatic rings. The molecule has 1 saturated carbocycles. The zero-order valence-corrected chi connectivity index (χ0v) is 17.0. The molecule has 1 aliphatic carbocycles. The predicted octanol–water partition coefficient (Wildman–Crippen LogP) is 4.93. The predicted molar refractivity (Wildman–Crippen MR) is 108 cm³/mol. The second-order valence-corrected chi connectivity index (χ2v) is 7.84. The van der Waals surface area contributed by atoms with E-state index < -0.39 is 11.7 Å². The SMILES string of the molecule is O=C(NC1CC1)c1coc(CN(Cc2ccc(F)cc2)Cc2cccc(C(F)(F)F)c2)n1. The second kappa shape index (κ2) is 9.12. The topological polar surface area (TPSA) is 58.4 Å². The van der Waals surface area contributed by atoms with Gasteiger partial charge < -0.3 is 9.73 Å². The highest BCUT2D eigenvalue weighted by molar-refractivity contribution is 5.92. The number of halogens is 4. The Kier molecular flexibility index (Phi) is 6.27. The van der Waals surface area contributed by atoms with Crippen LogP contribution in [-0.2, 0) is 25.8 Å². The monoisotopic (exact) mass is 447 g/mol. The number of carbonyl (C=O) groups excluding carboxylic acids is 1. The number of hydrogen-bond acceptors (Lipinski definition) is 4. The molecule has 1 fully saturated rings. The van der Waals surface area contributed by atoms with Crippen molar-refractivity contribution in [2.45, 2.75) is 44.7 Å². The van der Waals surface area contributed by atoms with Gasteiger partial charge in [0.25, 0.3) is 5.91 Å². The number of nitrogens with zero attached hydrogens (tertiary/aromatic N) is 2. The van der Waals surface area contributed by atoms with Gasteiger partial charge in [0.05, 0.1) is 12.1 Å². The Morgan fingerprint density at radius 1 is 1.06 bits per heavy atom. The molecule has 4 rings (SSSR count). The second-order valence-electron chi connectivity index (χ2n) is 7.84. The third kappa shape index (κ3) is 5.94. The van der Waals surface area contributed by atoms with Crippen molar-refractivity contribution in [1.82, 2.24) is 15.2 Å². The van der Waals surface area contributed by atoms with Crippen molar-refractivity contribution in [3.63, 3.8) is 0 Å². The molecule has 0 aliphatic heterocycles. The Hall–Kier alpha value is -3.20. The van der Waals surface area contributed by atoms with Crippen molar-refractivity contribution in [1.29, 1.82) is 0 Å². The Morgan fingerprint density at radius 3 is 2.47 bits per heavy atom. The Balaban J connectivity index is 1.51. The first kappa shape index (κ1) is 22.0. The first-order valence-corrected chi connectivity index (χ1v) is 10.1. The number of oxazole rings is 1. The highest BCUT2D eigenvalue weighted by Gasteiger charge is 2.30. The van der Waals surface area contributed by atoms with Gasteiger partial charge in [-0.05, 0) is 42.2 Å². The molecule has 0 spiro atoms. The number of rotatable bonds is 8. The van der Waals surface area contributed by atoms with Gasteiger partial charge in [-0.1, -0.05) is 30.3 Å². The van der Waals surface area contributed by atoms with Crippen molar-refractivity contribution in [3.8, 4) is 0 Å². The zero-order chi connectivity index (χ0) is 22.7. The van der Waals surface area contributed by atoms with Crippen molar-refractivity contribution in [2.75, 3.05) is 0 Å². The molecule has 2 aromatic carbocycles. The van der Waals surface area contributed by atoms with Crippen molar-refractivity contribution in [3.05, 3.63) is 88.9 Å². The summed E-state index contributed by atoms with van der Waals surface area (Å²) in [5.74, 6) is -0.428. The minimum absolute atomic E-state index is 0.157. The summed E-state index contributed by atoms with van der Waals surface area (Å²) in [4.78, 5) is 18.2. The van der Waals surface area contributed by atoms with Crippen molar-refractivity contribution in [2.24, 2.45) is 0 Å². The van der Waals surface area contributed by atoms with Gasteiger partial charge in [0.15, 0.2) is 5.69 Å². The van der Waals surface area contributed by atoms with Gasteiger partial charge in [-0.2, -0.15) is 13.2 Å². The lowest BCUT2D eigenvalue weighted by Crippen LogP contribution is -2.26. The van der Waals surface area contributed by atoms with Gasteiger partial charge in [0, 0.05) is 19.1 Å². The number of hydrogen-bond donors (Lipinski definition) is 1. The summed E-state index contributed by atoms with van der Waals surface area (Å²) in [6, 6.07) is 11.1. The molecule has 1 heterocycles. The molecular weight excluding hydrogens is 426 g/mol. The van der Waals surface area contributed by atoms with Gasteiger partial charge in [-0.15, -0.1) is 0 Å². The fourth-order valence-electron chi connectivity index (χ4n) is 3.29. The number of alkyl halides is 3. The Labute approximate surface area is 182 Å². The molecule has 0 unspecified atom stereocenters. The van der Waals surface area contributed by atoms with Crippen LogP contribution in [0.4, 0.5) is 17.6 Å². The summed E-state index contributed by atoms with van der Waals surface area (Å²) >= 11 is 0. The maximum atomic E-state index is 13.3. The minimum Gasteiger partial charge on any atom is -0.447 e. The van der Waals surface area contributed by atoms with Crippen LogP contribution in [0.5, 0.6) is 0 Å². The average molecular weight is 447 g/mol. The largest absolute Gasteiger partial charge is 0.447 e. The molecule has 5 nitrogen and oxygen atoms in total. The van der Waals surface area contributed by atoms with Crippen LogP contribution in [-0.4, -0.2) is 21.8 Å². The summed E-state index contributed by atoms with van der Waals surface area (Å²) < 4.78 is 58.0. The number of nitrogens with one attached hydrogen (secondary N) is 1. The summed E-state index contributed by atoms with van der Waals surface area (Å²) in [5.41, 5.74) is 0.663. The summed E-state index contributed by atoms with van der Waals surface area (Å²) in [6.07, 6.45) is -1.28. The molecule has 3 aromatic rings. The van der Waals surface area contributed by atoms with Crippen molar-refractivity contribution >= 4 is 5.91 Å². The van der Waals surface area contributed by atoms with E-state index in [-0.39, 0.29) is 42.4 Å². The summed E-state index contributed by atoms with van der Waals surface area (Å²) in [5, 5.41) is 2.83. The van der Waals surface area contributed by atoms with Gasteiger partial charge in [0.1, 0.15) is 12.1 Å². The highest BCUT2D eigenvalue weighted by Crippen LogP contribution is 2.30. The quantitative estimate of drug-likeness (QED) is 0.498. The fraction of sp³-hybridized carbons (Fsp3) is 0.304. The van der Waals surface area contributed by atoms with Crippen LogP contribution >= 0.6 is 0 Å². The van der Waals surface area contributed by atoms with Gasteiger partial charge in [-0.3, -0.25) is 9.69 Å². The fourth-order valence-corrected chi connectivity index (χ4v) is 3.29. The maximum absolute atomic E-state index is 13.3. The number of amides is 1. The number of benzene rings is 2. The van der Waals surface area contributed by atoms with Gasteiger partial charge in [0.2, 0.25) is 5.89 Å². The number of aromatic nitrogens is 1. The van der Waals surface area contributed by atoms with E-state index in [2.05, 4.69) is 10.3 Å². The molecule has 1 aromatic heterocycles. The van der Waals surface area contributed by atoms with Crippen LogP contribution in [0.2, 0.25) is 0 Å². The van der Waals surface area contributed by atoms with Crippen LogP contribution in [0.3, 0.4) is 0 Å². The van der Waals surface area contributed by atoms with Crippen LogP contribution < -0.4 is 5.32 Å². The average Bonchev–Trinajstić information content (AvgIpc) is 3.43. The smallest absolute Gasteiger partial charge is 0.416 e. The zero-order valence-electron chi connectivity index (χ0n) is 17.0. The van der Waals surface area contributed by atoms with E-state index in [9.17, 15) is 22.4 Å². The van der Waals surface area contributed by atoms with E-state index >= 15 is 0 Å². The van der Waals surface area contributed by atoms with E-state index in [0.29, 0.717) is 12.1 Å². The first-order valence-electron chi connectivity index (χ1n) is 10.1. The van der Waals surface area contributed by atoms with Crippen LogP contribution in [0.25, 0.3) is 0 Å². The maximum Gasteiger partial charge on any atom is 0.416 e.